The van der Waals surface area contributed by atoms with E-state index >= 15 is 0 Å². The fourth-order valence-electron chi connectivity index (χ4n) is 2.51. The van der Waals surface area contributed by atoms with E-state index in [4.69, 9.17) is 23.7 Å². The molecule has 0 saturated carbocycles. The zero-order chi connectivity index (χ0) is 24.4. The Kier molecular flexibility index (Phi) is 9.62. The molecule has 0 aliphatic rings. The molecule has 0 aromatic heterocycles. The van der Waals surface area contributed by atoms with Crippen LogP contribution in [0, 0.1) is 5.82 Å². The van der Waals surface area contributed by atoms with Crippen molar-refractivity contribution < 1.29 is 37.7 Å². The number of hydrogen-bond donors (Lipinski definition) is 0. The molecule has 0 aliphatic carbocycles. The zero-order valence-corrected chi connectivity index (χ0v) is 18.9. The van der Waals surface area contributed by atoms with E-state index < -0.39 is 17.8 Å². The fraction of sp³-hybridized carbons (Fsp3) is 0.280. The lowest BCUT2D eigenvalue weighted by Crippen LogP contribution is -2.13. The van der Waals surface area contributed by atoms with Crippen molar-refractivity contribution in [3.63, 3.8) is 0 Å². The molecular formula is C25H27FO7. The summed E-state index contributed by atoms with van der Waals surface area (Å²) in [6.45, 7) is 10.8. The van der Waals surface area contributed by atoms with Crippen LogP contribution < -0.4 is 14.2 Å². The normalized spacial score (nSPS) is 10.3. The summed E-state index contributed by atoms with van der Waals surface area (Å²) in [6, 6.07) is 9.34. The van der Waals surface area contributed by atoms with Gasteiger partial charge in [0.25, 0.3) is 0 Å². The van der Waals surface area contributed by atoms with Gasteiger partial charge in [-0.25, -0.2) is 14.0 Å². The number of ether oxygens (including phenoxy) is 5. The van der Waals surface area contributed by atoms with Gasteiger partial charge in [-0.1, -0.05) is 25.3 Å². The molecule has 0 spiro atoms. The van der Waals surface area contributed by atoms with E-state index in [0.29, 0.717) is 41.4 Å². The lowest BCUT2D eigenvalue weighted by Gasteiger charge is -2.15. The summed E-state index contributed by atoms with van der Waals surface area (Å²) >= 11 is 0. The summed E-state index contributed by atoms with van der Waals surface area (Å²) < 4.78 is 40.9. The van der Waals surface area contributed by atoms with Gasteiger partial charge in [0.1, 0.15) is 19.8 Å². The first-order valence-corrected chi connectivity index (χ1v) is 10.1. The number of hydrogen-bond acceptors (Lipinski definition) is 7. The van der Waals surface area contributed by atoms with Gasteiger partial charge in [-0.3, -0.25) is 0 Å². The molecule has 0 amide bonds. The minimum Gasteiger partial charge on any atom is -0.487 e. The highest BCUT2D eigenvalue weighted by atomic mass is 19.1. The van der Waals surface area contributed by atoms with Crippen molar-refractivity contribution >= 4 is 11.9 Å². The second-order valence-corrected chi connectivity index (χ2v) is 7.08. The van der Waals surface area contributed by atoms with Gasteiger partial charge in [0, 0.05) is 18.3 Å². The largest absolute Gasteiger partial charge is 0.487 e. The first kappa shape index (κ1) is 25.6. The fourth-order valence-corrected chi connectivity index (χ4v) is 2.51. The molecule has 176 valence electrons. The molecule has 0 aliphatic heterocycles. The smallest absolute Gasteiger partial charge is 0.338 e. The third kappa shape index (κ3) is 7.76. The maximum absolute atomic E-state index is 14.5. The van der Waals surface area contributed by atoms with Crippen LogP contribution in [0.1, 0.15) is 13.8 Å². The Hall–Kier alpha value is -3.65. The molecule has 2 aromatic carbocycles. The number of methoxy groups -OCH3 is 1. The highest BCUT2D eigenvalue weighted by Crippen LogP contribution is 2.34. The molecule has 0 heterocycles. The van der Waals surface area contributed by atoms with Crippen LogP contribution in [0.4, 0.5) is 4.39 Å². The quantitative estimate of drug-likeness (QED) is 0.201. The summed E-state index contributed by atoms with van der Waals surface area (Å²) in [5.74, 6) is -1.27. The summed E-state index contributed by atoms with van der Waals surface area (Å²) in [5.41, 5.74) is 1.63. The van der Waals surface area contributed by atoms with Crippen molar-refractivity contribution in [2.45, 2.75) is 13.8 Å². The maximum Gasteiger partial charge on any atom is 0.338 e. The predicted octanol–water partition coefficient (Wildman–Crippen LogP) is 4.50. The Morgan fingerprint density at radius 3 is 1.97 bits per heavy atom. The highest BCUT2D eigenvalue weighted by molar-refractivity contribution is 5.89. The van der Waals surface area contributed by atoms with Gasteiger partial charge in [-0.05, 0) is 49.2 Å². The molecular weight excluding hydrogens is 431 g/mol. The average molecular weight is 458 g/mol. The minimum atomic E-state index is -0.706. The van der Waals surface area contributed by atoms with Gasteiger partial charge in [0.15, 0.2) is 23.1 Å². The van der Waals surface area contributed by atoms with Crippen molar-refractivity contribution in [2.24, 2.45) is 0 Å². The molecule has 0 unspecified atom stereocenters. The Balaban J connectivity index is 2.21. The van der Waals surface area contributed by atoms with Crippen LogP contribution in [-0.4, -0.2) is 45.5 Å². The van der Waals surface area contributed by atoms with Crippen molar-refractivity contribution in [3.05, 3.63) is 66.5 Å². The lowest BCUT2D eigenvalue weighted by atomic mass is 10.0. The third-order valence-electron chi connectivity index (χ3n) is 4.23. The molecule has 0 saturated heterocycles. The number of rotatable bonds is 12. The van der Waals surface area contributed by atoms with Gasteiger partial charge in [-0.2, -0.15) is 0 Å². The van der Waals surface area contributed by atoms with E-state index in [9.17, 15) is 14.0 Å². The van der Waals surface area contributed by atoms with Crippen LogP contribution >= 0.6 is 0 Å². The molecule has 7 nitrogen and oxygen atoms in total. The van der Waals surface area contributed by atoms with E-state index in [2.05, 4.69) is 13.2 Å². The summed E-state index contributed by atoms with van der Waals surface area (Å²) in [7, 11) is 1.56. The summed E-state index contributed by atoms with van der Waals surface area (Å²) in [6.07, 6.45) is 0. The van der Waals surface area contributed by atoms with Gasteiger partial charge >= 0.3 is 11.9 Å². The molecule has 2 aromatic rings. The number of halogens is 1. The van der Waals surface area contributed by atoms with E-state index in [0.717, 1.165) is 0 Å². The molecule has 2 rings (SSSR count). The Bertz CT molecular complexity index is 1030. The van der Waals surface area contributed by atoms with Crippen LogP contribution in [0.15, 0.2) is 60.7 Å². The van der Waals surface area contributed by atoms with E-state index in [1.165, 1.54) is 19.1 Å². The molecule has 0 fully saturated rings. The molecule has 0 radical (unpaired) electrons. The molecule has 0 bridgehead atoms. The summed E-state index contributed by atoms with van der Waals surface area (Å²) in [5, 5.41) is 0. The van der Waals surface area contributed by atoms with Crippen molar-refractivity contribution in [3.8, 4) is 28.4 Å². The van der Waals surface area contributed by atoms with Gasteiger partial charge < -0.3 is 23.7 Å². The topological polar surface area (TPSA) is 80.3 Å². The van der Waals surface area contributed by atoms with E-state index in [1.54, 1.807) is 38.3 Å². The minimum absolute atomic E-state index is 0.0187. The van der Waals surface area contributed by atoms with Crippen LogP contribution in [0.2, 0.25) is 0 Å². The van der Waals surface area contributed by atoms with Crippen LogP contribution in [0.3, 0.4) is 0 Å². The Labute approximate surface area is 192 Å². The molecule has 0 N–H and O–H groups in total. The Morgan fingerprint density at radius 2 is 1.36 bits per heavy atom. The average Bonchev–Trinajstić information content (AvgIpc) is 2.78. The van der Waals surface area contributed by atoms with Crippen LogP contribution in [0.25, 0.3) is 11.1 Å². The number of esters is 2. The van der Waals surface area contributed by atoms with Gasteiger partial charge in [0.05, 0.1) is 6.61 Å². The standard InChI is InChI=1S/C25H27FO7/c1-16(2)24(27)32-13-12-31-23-15-19(7-9-22(23)30-11-10-29-5)18-6-8-21(20(26)14-18)33-25(28)17(3)4/h6-9,14-15H,1,3,10-13H2,2,4-5H3. The lowest BCUT2D eigenvalue weighted by molar-refractivity contribution is -0.139. The second kappa shape index (κ2) is 12.4. The van der Waals surface area contributed by atoms with E-state index in [-0.39, 0.29) is 24.5 Å². The van der Waals surface area contributed by atoms with E-state index in [1.807, 2.05) is 0 Å². The van der Waals surface area contributed by atoms with Crippen LogP contribution in [0.5, 0.6) is 17.2 Å². The SMILES string of the molecule is C=C(C)C(=O)OCCOc1cc(-c2ccc(OC(=O)C(=C)C)c(F)c2)ccc1OCCOC. The van der Waals surface area contributed by atoms with Crippen molar-refractivity contribution in [1.29, 1.82) is 0 Å². The van der Waals surface area contributed by atoms with Gasteiger partial charge in [-0.15, -0.1) is 0 Å². The van der Waals surface area contributed by atoms with Gasteiger partial charge in [0.2, 0.25) is 0 Å². The number of benzene rings is 2. The monoisotopic (exact) mass is 458 g/mol. The first-order chi connectivity index (χ1) is 15.7. The number of carbonyl (C=O) groups excluding carboxylic acids is 2. The highest BCUT2D eigenvalue weighted by Gasteiger charge is 2.14. The number of carbonyl (C=O) groups is 2. The predicted molar refractivity (Wildman–Crippen MR) is 121 cm³/mol. The third-order valence-corrected chi connectivity index (χ3v) is 4.23. The van der Waals surface area contributed by atoms with Crippen LogP contribution in [-0.2, 0) is 19.1 Å². The first-order valence-electron chi connectivity index (χ1n) is 10.1. The van der Waals surface area contributed by atoms with Crippen molar-refractivity contribution in [2.75, 3.05) is 33.5 Å². The molecule has 8 heteroatoms. The van der Waals surface area contributed by atoms with Crippen molar-refractivity contribution in [1.82, 2.24) is 0 Å². The molecule has 0 atom stereocenters. The zero-order valence-electron chi connectivity index (χ0n) is 18.9. The maximum atomic E-state index is 14.5. The second-order valence-electron chi connectivity index (χ2n) is 7.08. The molecule has 33 heavy (non-hydrogen) atoms. The summed E-state index contributed by atoms with van der Waals surface area (Å²) in [4.78, 5) is 23.2. The Morgan fingerprint density at radius 1 is 0.788 bits per heavy atom.